The summed E-state index contributed by atoms with van der Waals surface area (Å²) in [4.78, 5) is 25.5. The summed E-state index contributed by atoms with van der Waals surface area (Å²) in [6.07, 6.45) is 3.36. The first kappa shape index (κ1) is 20.2. The highest BCUT2D eigenvalue weighted by Gasteiger charge is 2.36. The maximum atomic E-state index is 13.0. The molecule has 0 saturated carbocycles. The number of fused-ring (bicyclic) bond motifs is 1. The number of nitrogens with zero attached hydrogens (tertiary/aromatic N) is 1. The number of carbonyl (C=O) groups is 2. The number of carbonyl (C=O) groups excluding carboxylic acids is 2. The molecule has 0 fully saturated rings. The van der Waals surface area contributed by atoms with Gasteiger partial charge < -0.3 is 9.88 Å². The number of Topliss-reactive ketones (excluding diaryl/α,β-unsaturated/α-hetero) is 1. The molecule has 0 bridgehead atoms. The lowest BCUT2D eigenvalue weighted by Crippen LogP contribution is -2.29. The third-order valence-electron chi connectivity index (χ3n) is 4.90. The lowest BCUT2D eigenvalue weighted by molar-refractivity contribution is 0.0933. The molecule has 27 heavy (non-hydrogen) atoms. The number of rotatable bonds is 5. The SMILES string of the molecule is CCC(NC(=O)c1cc(C(=O)C(Cl)(Cl)Cl)n2c1CCCC2)c1ccccc1. The quantitative estimate of drug-likeness (QED) is 0.523. The van der Waals surface area contributed by atoms with Crippen LogP contribution < -0.4 is 5.32 Å². The largest absolute Gasteiger partial charge is 0.345 e. The van der Waals surface area contributed by atoms with Gasteiger partial charge >= 0.3 is 0 Å². The average molecular weight is 428 g/mol. The van der Waals surface area contributed by atoms with E-state index in [1.54, 1.807) is 6.07 Å². The van der Waals surface area contributed by atoms with Crippen LogP contribution in [0.5, 0.6) is 0 Å². The Kier molecular flexibility index (Phi) is 6.19. The maximum absolute atomic E-state index is 13.0. The standard InChI is InChI=1S/C20H21Cl3N2O2/c1-2-15(13-8-4-3-5-9-13)24-19(27)14-12-17(18(26)20(21,22)23)25-11-7-6-10-16(14)25/h3-5,8-9,12,15H,2,6-7,10-11H2,1H3,(H,24,27). The second kappa shape index (κ2) is 8.26. The molecule has 1 amide bonds. The van der Waals surface area contributed by atoms with E-state index in [4.69, 9.17) is 34.8 Å². The van der Waals surface area contributed by atoms with Crippen LogP contribution >= 0.6 is 34.8 Å². The van der Waals surface area contributed by atoms with E-state index in [2.05, 4.69) is 5.32 Å². The van der Waals surface area contributed by atoms with Gasteiger partial charge in [-0.3, -0.25) is 9.59 Å². The Labute approximate surface area is 173 Å². The maximum Gasteiger partial charge on any atom is 0.255 e. The number of nitrogens with one attached hydrogen (secondary N) is 1. The van der Waals surface area contributed by atoms with Crippen molar-refractivity contribution in [3.8, 4) is 0 Å². The van der Waals surface area contributed by atoms with Gasteiger partial charge in [0.05, 0.1) is 17.3 Å². The zero-order valence-electron chi connectivity index (χ0n) is 15.0. The van der Waals surface area contributed by atoms with Gasteiger partial charge in [-0.1, -0.05) is 72.1 Å². The highest BCUT2D eigenvalue weighted by atomic mass is 35.6. The third-order valence-corrected chi connectivity index (χ3v) is 5.42. The average Bonchev–Trinajstić information content (AvgIpc) is 3.05. The van der Waals surface area contributed by atoms with E-state index in [9.17, 15) is 9.59 Å². The zero-order chi connectivity index (χ0) is 19.6. The molecule has 144 valence electrons. The Morgan fingerprint density at radius 2 is 1.89 bits per heavy atom. The predicted octanol–water partition coefficient (Wildman–Crippen LogP) is 5.26. The van der Waals surface area contributed by atoms with Crippen LogP contribution in [0.15, 0.2) is 36.4 Å². The summed E-state index contributed by atoms with van der Waals surface area (Å²) >= 11 is 17.4. The number of alkyl halides is 3. The minimum atomic E-state index is -2.05. The topological polar surface area (TPSA) is 51.1 Å². The van der Waals surface area contributed by atoms with E-state index in [-0.39, 0.29) is 17.6 Å². The lowest BCUT2D eigenvalue weighted by atomic mass is 10.0. The Bertz CT molecular complexity index is 841. The van der Waals surface area contributed by atoms with E-state index in [1.807, 2.05) is 41.8 Å². The van der Waals surface area contributed by atoms with Crippen LogP contribution in [0.1, 0.15) is 64.3 Å². The Morgan fingerprint density at radius 1 is 1.19 bits per heavy atom. The third kappa shape index (κ3) is 4.34. The second-order valence-electron chi connectivity index (χ2n) is 6.67. The van der Waals surface area contributed by atoms with Crippen LogP contribution in [0.4, 0.5) is 0 Å². The number of halogens is 3. The number of aromatic nitrogens is 1. The van der Waals surface area contributed by atoms with Gasteiger partial charge in [0.15, 0.2) is 0 Å². The molecule has 2 heterocycles. The van der Waals surface area contributed by atoms with Crippen LogP contribution in [0.2, 0.25) is 0 Å². The van der Waals surface area contributed by atoms with Crippen molar-refractivity contribution in [2.45, 2.75) is 49.0 Å². The molecule has 1 aliphatic heterocycles. The predicted molar refractivity (Wildman–Crippen MR) is 109 cm³/mol. The molecule has 1 aromatic carbocycles. The van der Waals surface area contributed by atoms with Crippen molar-refractivity contribution in [3.05, 3.63) is 58.9 Å². The highest BCUT2D eigenvalue weighted by Crippen LogP contribution is 2.34. The summed E-state index contributed by atoms with van der Waals surface area (Å²) in [7, 11) is 0. The summed E-state index contributed by atoms with van der Waals surface area (Å²) in [5.74, 6) is -0.815. The second-order valence-corrected chi connectivity index (χ2v) is 8.95. The molecule has 2 aromatic rings. The molecule has 0 radical (unpaired) electrons. The molecule has 0 spiro atoms. The van der Waals surface area contributed by atoms with E-state index >= 15 is 0 Å². The van der Waals surface area contributed by atoms with Crippen molar-refractivity contribution in [1.82, 2.24) is 9.88 Å². The van der Waals surface area contributed by atoms with Gasteiger partial charge in [0.2, 0.25) is 5.78 Å². The lowest BCUT2D eigenvalue weighted by Gasteiger charge is -2.21. The van der Waals surface area contributed by atoms with E-state index in [1.165, 1.54) is 0 Å². The fourth-order valence-corrected chi connectivity index (χ4v) is 3.84. The molecular weight excluding hydrogens is 407 g/mol. The summed E-state index contributed by atoms with van der Waals surface area (Å²) in [6, 6.07) is 11.3. The van der Waals surface area contributed by atoms with Crippen LogP contribution in [0, 0.1) is 0 Å². The number of ketones is 1. The zero-order valence-corrected chi connectivity index (χ0v) is 17.2. The summed E-state index contributed by atoms with van der Waals surface area (Å²) < 4.78 is -0.220. The molecular formula is C20H21Cl3N2O2. The van der Waals surface area contributed by atoms with Crippen LogP contribution in [0.3, 0.4) is 0 Å². The number of hydrogen-bond acceptors (Lipinski definition) is 2. The highest BCUT2D eigenvalue weighted by molar-refractivity contribution is 6.77. The molecule has 0 saturated heterocycles. The van der Waals surface area contributed by atoms with Gasteiger partial charge in [-0.25, -0.2) is 0 Å². The van der Waals surface area contributed by atoms with Crippen molar-refractivity contribution in [2.24, 2.45) is 0 Å². The Balaban J connectivity index is 1.93. The molecule has 1 N–H and O–H groups in total. The summed E-state index contributed by atoms with van der Waals surface area (Å²) in [5, 5.41) is 3.08. The molecule has 7 heteroatoms. The van der Waals surface area contributed by atoms with Crippen LogP contribution in [-0.2, 0) is 13.0 Å². The van der Waals surface area contributed by atoms with Crippen molar-refractivity contribution < 1.29 is 9.59 Å². The normalized spacial score (nSPS) is 15.1. The number of hydrogen-bond donors (Lipinski definition) is 1. The first-order valence-corrected chi connectivity index (χ1v) is 10.2. The smallest absolute Gasteiger partial charge is 0.255 e. The summed E-state index contributed by atoms with van der Waals surface area (Å²) in [6.45, 7) is 2.66. The summed E-state index contributed by atoms with van der Waals surface area (Å²) in [5.41, 5.74) is 2.64. The van der Waals surface area contributed by atoms with Crippen molar-refractivity contribution in [3.63, 3.8) is 0 Å². The molecule has 1 unspecified atom stereocenters. The molecule has 1 aliphatic rings. The van der Waals surface area contributed by atoms with Crippen LogP contribution in [0.25, 0.3) is 0 Å². The van der Waals surface area contributed by atoms with Gasteiger partial charge in [0, 0.05) is 12.2 Å². The molecule has 1 aromatic heterocycles. The van der Waals surface area contributed by atoms with Crippen molar-refractivity contribution in [1.29, 1.82) is 0 Å². The van der Waals surface area contributed by atoms with Gasteiger partial charge in [-0.2, -0.15) is 0 Å². The number of benzene rings is 1. The van der Waals surface area contributed by atoms with E-state index in [0.717, 1.165) is 36.9 Å². The monoisotopic (exact) mass is 426 g/mol. The fraction of sp³-hybridized carbons (Fsp3) is 0.400. The van der Waals surface area contributed by atoms with Gasteiger partial charge in [-0.05, 0) is 37.3 Å². The van der Waals surface area contributed by atoms with Gasteiger partial charge in [-0.15, -0.1) is 0 Å². The first-order valence-electron chi connectivity index (χ1n) is 9.02. The van der Waals surface area contributed by atoms with Crippen molar-refractivity contribution >= 4 is 46.5 Å². The Morgan fingerprint density at radius 3 is 2.52 bits per heavy atom. The van der Waals surface area contributed by atoms with Crippen LogP contribution in [-0.4, -0.2) is 20.1 Å². The molecule has 0 aliphatic carbocycles. The van der Waals surface area contributed by atoms with E-state index in [0.29, 0.717) is 12.1 Å². The van der Waals surface area contributed by atoms with Crippen molar-refractivity contribution in [2.75, 3.05) is 0 Å². The molecule has 1 atom stereocenters. The number of amides is 1. The minimum Gasteiger partial charge on any atom is -0.345 e. The molecule has 4 nitrogen and oxygen atoms in total. The Hall–Kier alpha value is -1.49. The van der Waals surface area contributed by atoms with Gasteiger partial charge in [0.1, 0.15) is 0 Å². The van der Waals surface area contributed by atoms with Gasteiger partial charge in [0.25, 0.3) is 9.70 Å². The fourth-order valence-electron chi connectivity index (χ4n) is 3.55. The minimum absolute atomic E-state index is 0.106. The first-order chi connectivity index (χ1) is 12.8. The molecule has 3 rings (SSSR count). The van der Waals surface area contributed by atoms with E-state index < -0.39 is 9.58 Å².